The highest BCUT2D eigenvalue weighted by Crippen LogP contribution is 2.81. The molecule has 8 rings (SSSR count). The summed E-state index contributed by atoms with van der Waals surface area (Å²) in [7, 11) is 0. The summed E-state index contributed by atoms with van der Waals surface area (Å²) in [5, 5.41) is 24.7. The molecule has 4 aliphatic carbocycles. The minimum absolute atomic E-state index is 0.0317. The van der Waals surface area contributed by atoms with Crippen molar-refractivity contribution in [3.8, 4) is 5.69 Å². The number of benzene rings is 1. The van der Waals surface area contributed by atoms with E-state index in [4.69, 9.17) is 35.5 Å². The predicted molar refractivity (Wildman–Crippen MR) is 183 cm³/mol. The SMILES string of the molecule is CC(=O)O[C@@H]1C[C@H]2C(C)(C)C(=O)C=C[C@]2(C)[C@H]2CC[C@@]3(C)[C@H](c4ccoc4)/C(=N\OCc4cn(-c5cc([N+](=O)[O-])ccc5Cl)nn4)[C@H]4O[C@]43[C@@]21C. The molecule has 1 spiro atoms. The first-order valence-corrected chi connectivity index (χ1v) is 17.6. The minimum atomic E-state index is -0.748. The van der Waals surface area contributed by atoms with Crippen LogP contribution in [0.5, 0.6) is 0 Å². The topological polar surface area (TPSA) is 164 Å². The van der Waals surface area contributed by atoms with Gasteiger partial charge in [0.15, 0.2) is 12.4 Å². The summed E-state index contributed by atoms with van der Waals surface area (Å²) in [6, 6.07) is 6.04. The second-order valence-electron chi connectivity index (χ2n) is 16.0. The number of fused-ring (bicyclic) bond motifs is 3. The number of nitro groups is 1. The summed E-state index contributed by atoms with van der Waals surface area (Å²) in [5.41, 5.74) is -0.522. The van der Waals surface area contributed by atoms with Crippen LogP contribution in [-0.4, -0.2) is 55.2 Å². The van der Waals surface area contributed by atoms with Crippen molar-refractivity contribution < 1.29 is 33.2 Å². The quantitative estimate of drug-likeness (QED) is 0.110. The number of nitrogens with zero attached hydrogens (tertiary/aromatic N) is 5. The molecule has 0 bridgehead atoms. The molecule has 0 N–H and O–H groups in total. The van der Waals surface area contributed by atoms with Gasteiger partial charge in [0, 0.05) is 41.2 Å². The van der Waals surface area contributed by atoms with E-state index in [0.29, 0.717) is 17.8 Å². The number of allylic oxidation sites excluding steroid dienone is 2. The summed E-state index contributed by atoms with van der Waals surface area (Å²) in [4.78, 5) is 42.9. The molecular formula is C37H40ClN5O8. The summed E-state index contributed by atoms with van der Waals surface area (Å²) in [6.45, 7) is 12.2. The van der Waals surface area contributed by atoms with Crippen LogP contribution in [0.4, 0.5) is 5.69 Å². The lowest BCUT2D eigenvalue weighted by molar-refractivity contribution is -0.384. The molecule has 1 aromatic carbocycles. The van der Waals surface area contributed by atoms with E-state index in [1.54, 1.807) is 24.8 Å². The Kier molecular flexibility index (Phi) is 7.33. The Morgan fingerprint density at radius 2 is 1.98 bits per heavy atom. The first-order chi connectivity index (χ1) is 24.1. The largest absolute Gasteiger partial charge is 0.472 e. The molecule has 2 aromatic heterocycles. The second-order valence-corrected chi connectivity index (χ2v) is 16.4. The van der Waals surface area contributed by atoms with Gasteiger partial charge in [-0.2, -0.15) is 0 Å². The van der Waals surface area contributed by atoms with Gasteiger partial charge in [-0.1, -0.05) is 62.7 Å². The van der Waals surface area contributed by atoms with Gasteiger partial charge in [-0.25, -0.2) is 4.68 Å². The molecule has 5 aliphatic rings. The molecule has 14 heteroatoms. The van der Waals surface area contributed by atoms with Crippen molar-refractivity contribution in [1.82, 2.24) is 15.0 Å². The highest BCUT2D eigenvalue weighted by molar-refractivity contribution is 6.32. The summed E-state index contributed by atoms with van der Waals surface area (Å²) in [5.74, 6) is -0.474. The predicted octanol–water partition coefficient (Wildman–Crippen LogP) is 6.78. The maximum Gasteiger partial charge on any atom is 0.302 e. The van der Waals surface area contributed by atoms with Crippen molar-refractivity contribution >= 4 is 34.8 Å². The van der Waals surface area contributed by atoms with Gasteiger partial charge in [0.05, 0.1) is 40.1 Å². The number of hydrogen-bond acceptors (Lipinski definition) is 11. The number of epoxide rings is 1. The zero-order valence-corrected chi connectivity index (χ0v) is 30.0. The molecule has 4 fully saturated rings. The number of carbonyl (C=O) groups is 2. The smallest absolute Gasteiger partial charge is 0.302 e. The van der Waals surface area contributed by atoms with Crippen LogP contribution in [-0.2, 0) is 30.5 Å². The van der Waals surface area contributed by atoms with Gasteiger partial charge in [0.2, 0.25) is 0 Å². The number of aromatic nitrogens is 3. The van der Waals surface area contributed by atoms with E-state index in [1.807, 2.05) is 19.9 Å². The summed E-state index contributed by atoms with van der Waals surface area (Å²) < 4.78 is 20.2. The molecule has 1 aliphatic heterocycles. The number of halogens is 1. The number of hydrogen-bond donors (Lipinski definition) is 0. The van der Waals surface area contributed by atoms with Gasteiger partial charge >= 0.3 is 5.97 Å². The van der Waals surface area contributed by atoms with Gasteiger partial charge in [-0.05, 0) is 60.3 Å². The number of esters is 1. The second kappa shape index (κ2) is 11.1. The van der Waals surface area contributed by atoms with Crippen LogP contribution in [0.15, 0.2) is 64.7 Å². The molecule has 9 atom stereocenters. The number of nitro benzene ring substituents is 1. The zero-order valence-electron chi connectivity index (χ0n) is 29.3. The monoisotopic (exact) mass is 717 g/mol. The van der Waals surface area contributed by atoms with Gasteiger partial charge < -0.3 is 18.7 Å². The lowest BCUT2D eigenvalue weighted by atomic mass is 9.36. The van der Waals surface area contributed by atoms with Gasteiger partial charge in [-0.15, -0.1) is 5.10 Å². The average molecular weight is 718 g/mol. The molecule has 3 aromatic rings. The van der Waals surface area contributed by atoms with Crippen LogP contribution in [0.1, 0.15) is 78.0 Å². The van der Waals surface area contributed by atoms with E-state index >= 15 is 0 Å². The number of carbonyl (C=O) groups excluding carboxylic acids is 2. The molecule has 0 unspecified atom stereocenters. The third-order valence-corrected chi connectivity index (χ3v) is 13.7. The summed E-state index contributed by atoms with van der Waals surface area (Å²) >= 11 is 6.33. The van der Waals surface area contributed by atoms with Crippen LogP contribution in [0.25, 0.3) is 5.69 Å². The fourth-order valence-corrected chi connectivity index (χ4v) is 11.3. The highest BCUT2D eigenvalue weighted by Gasteiger charge is 2.89. The molecule has 268 valence electrons. The Bertz CT molecular complexity index is 2030. The fourth-order valence-electron chi connectivity index (χ4n) is 11.1. The third kappa shape index (κ3) is 4.46. The number of furan rings is 1. The molecular weight excluding hydrogens is 678 g/mol. The molecule has 3 saturated carbocycles. The van der Waals surface area contributed by atoms with Crippen LogP contribution in [0, 0.1) is 43.6 Å². The van der Waals surface area contributed by atoms with E-state index in [1.165, 1.54) is 29.8 Å². The number of rotatable bonds is 7. The van der Waals surface area contributed by atoms with Gasteiger partial charge in [0.1, 0.15) is 23.5 Å². The minimum Gasteiger partial charge on any atom is -0.472 e. The molecule has 3 heterocycles. The third-order valence-electron chi connectivity index (χ3n) is 13.4. The fraction of sp³-hybridized carbons (Fsp3) is 0.541. The van der Waals surface area contributed by atoms with E-state index in [9.17, 15) is 19.7 Å². The lowest BCUT2D eigenvalue weighted by Gasteiger charge is -2.67. The van der Waals surface area contributed by atoms with Crippen LogP contribution < -0.4 is 0 Å². The zero-order chi connectivity index (χ0) is 36.3. The Morgan fingerprint density at radius 3 is 2.69 bits per heavy atom. The van der Waals surface area contributed by atoms with Crippen molar-refractivity contribution in [2.75, 3.05) is 0 Å². The maximum atomic E-state index is 13.2. The number of ketones is 1. The molecule has 0 radical (unpaired) electrons. The van der Waals surface area contributed by atoms with Crippen molar-refractivity contribution in [3.05, 3.63) is 81.5 Å². The molecule has 0 amide bonds. The van der Waals surface area contributed by atoms with Crippen molar-refractivity contribution in [1.29, 1.82) is 0 Å². The first kappa shape index (κ1) is 33.8. The molecule has 13 nitrogen and oxygen atoms in total. The Hall–Kier alpha value is -4.36. The maximum absolute atomic E-state index is 13.2. The van der Waals surface area contributed by atoms with Crippen LogP contribution in [0.2, 0.25) is 5.02 Å². The van der Waals surface area contributed by atoms with Gasteiger partial charge in [0.25, 0.3) is 5.69 Å². The average Bonchev–Trinajstić information content (AvgIpc) is 3.34. The molecule has 51 heavy (non-hydrogen) atoms. The molecule has 1 saturated heterocycles. The highest BCUT2D eigenvalue weighted by atomic mass is 35.5. The Labute approximate surface area is 299 Å². The van der Waals surface area contributed by atoms with Crippen molar-refractivity contribution in [2.24, 2.45) is 38.7 Å². The van der Waals surface area contributed by atoms with Crippen molar-refractivity contribution in [2.45, 2.75) is 91.1 Å². The lowest BCUT2D eigenvalue weighted by Crippen LogP contribution is -2.70. The number of non-ortho nitro benzene ring substituents is 1. The van der Waals surface area contributed by atoms with E-state index < -0.39 is 39.0 Å². The van der Waals surface area contributed by atoms with E-state index in [0.717, 1.165) is 24.1 Å². The summed E-state index contributed by atoms with van der Waals surface area (Å²) in [6.07, 6.45) is 10.1. The Morgan fingerprint density at radius 1 is 1.20 bits per heavy atom. The number of ether oxygens (including phenoxy) is 2. The van der Waals surface area contributed by atoms with Crippen LogP contribution >= 0.6 is 11.6 Å². The van der Waals surface area contributed by atoms with Crippen molar-refractivity contribution in [3.63, 3.8) is 0 Å². The van der Waals surface area contributed by atoms with Gasteiger partial charge in [-0.3, -0.25) is 19.7 Å². The van der Waals surface area contributed by atoms with E-state index in [-0.39, 0.29) is 52.2 Å². The van der Waals surface area contributed by atoms with E-state index in [2.05, 4.69) is 37.2 Å². The first-order valence-electron chi connectivity index (χ1n) is 17.3. The number of oxime groups is 1. The standard InChI is InChI=1S/C37H40ClN5O8/c1-20(44)50-29-16-27-33(2,3)28(45)10-12-34(27,4)26-9-13-35(5)30(21-11-14-48-18-21)31(32-37(35,51-32)36(26,29)6)40-49-19-22-17-42(41-39-22)25-15-23(43(46)47)7-8-24(25)38/h7-8,10-12,14-15,17-18,26-27,29-30,32H,9,13,16,19H2,1-6H3/b40-31+/t26-,27+,29-,30-,32-,34-,35+,36+,37-/m1/s1. The van der Waals surface area contributed by atoms with Crippen LogP contribution in [0.3, 0.4) is 0 Å². The normalized spacial score (nSPS) is 38.0. The Balaban J connectivity index is 1.16.